The molecule has 1 unspecified atom stereocenters. The lowest BCUT2D eigenvalue weighted by Gasteiger charge is -2.26. The van der Waals surface area contributed by atoms with Gasteiger partial charge in [-0.15, -0.1) is 0 Å². The quantitative estimate of drug-likeness (QED) is 0.269. The Morgan fingerprint density at radius 3 is 2.50 bits per heavy atom. The van der Waals surface area contributed by atoms with E-state index in [4.69, 9.17) is 9.47 Å². The van der Waals surface area contributed by atoms with Crippen molar-refractivity contribution in [3.63, 3.8) is 0 Å². The number of ketones is 1. The van der Waals surface area contributed by atoms with Crippen LogP contribution in [0.3, 0.4) is 0 Å². The number of aliphatic hydroxyl groups excluding tert-OH is 1. The zero-order chi connectivity index (χ0) is 25.7. The van der Waals surface area contributed by atoms with E-state index in [1.807, 2.05) is 6.07 Å². The molecule has 4 rings (SSSR count). The van der Waals surface area contributed by atoms with Crippen molar-refractivity contribution in [2.75, 3.05) is 13.7 Å². The van der Waals surface area contributed by atoms with Crippen molar-refractivity contribution in [3.05, 3.63) is 89.5 Å². The normalized spacial score (nSPS) is 17.0. The third-order valence-electron chi connectivity index (χ3n) is 6.03. The van der Waals surface area contributed by atoms with E-state index < -0.39 is 17.7 Å². The lowest BCUT2D eigenvalue weighted by molar-refractivity contribution is -0.140. The molecular formula is C28H29N3O5. The van der Waals surface area contributed by atoms with Crippen LogP contribution < -0.4 is 9.47 Å². The molecule has 0 aliphatic carbocycles. The van der Waals surface area contributed by atoms with Crippen molar-refractivity contribution < 1.29 is 24.2 Å². The van der Waals surface area contributed by atoms with Gasteiger partial charge in [-0.05, 0) is 53.8 Å². The first kappa shape index (κ1) is 24.9. The van der Waals surface area contributed by atoms with Gasteiger partial charge in [-0.2, -0.15) is 0 Å². The Bertz CT molecular complexity index is 1260. The van der Waals surface area contributed by atoms with Gasteiger partial charge in [0.1, 0.15) is 5.76 Å². The molecule has 1 aromatic carbocycles. The number of pyridine rings is 2. The second-order valence-corrected chi connectivity index (χ2v) is 8.97. The predicted molar refractivity (Wildman–Crippen MR) is 134 cm³/mol. The molecule has 8 heteroatoms. The largest absolute Gasteiger partial charge is 0.507 e. The summed E-state index contributed by atoms with van der Waals surface area (Å²) in [5.74, 6) is -0.168. The fraction of sp³-hybridized carbons (Fsp3) is 0.286. The van der Waals surface area contributed by atoms with Gasteiger partial charge in [0.15, 0.2) is 11.5 Å². The number of likely N-dealkylation sites (tertiary alicyclic amines) is 1. The summed E-state index contributed by atoms with van der Waals surface area (Å²) in [6.45, 7) is 4.93. The summed E-state index contributed by atoms with van der Waals surface area (Å²) in [7, 11) is 1.54. The van der Waals surface area contributed by atoms with Gasteiger partial charge in [0, 0.05) is 36.9 Å². The number of aromatic nitrogens is 2. The Kier molecular flexibility index (Phi) is 7.63. The highest BCUT2D eigenvalue weighted by Crippen LogP contribution is 2.42. The van der Waals surface area contributed by atoms with E-state index in [1.165, 1.54) is 24.4 Å². The van der Waals surface area contributed by atoms with Crippen LogP contribution in [0.15, 0.2) is 72.8 Å². The number of carbonyl (C=O) groups is 2. The Morgan fingerprint density at radius 2 is 1.83 bits per heavy atom. The van der Waals surface area contributed by atoms with Gasteiger partial charge >= 0.3 is 0 Å². The van der Waals surface area contributed by atoms with E-state index in [2.05, 4.69) is 23.8 Å². The number of amides is 1. The van der Waals surface area contributed by atoms with E-state index in [0.29, 0.717) is 35.2 Å². The lowest BCUT2D eigenvalue weighted by Crippen LogP contribution is -2.29. The zero-order valence-corrected chi connectivity index (χ0v) is 20.5. The number of benzene rings is 1. The molecule has 0 radical (unpaired) electrons. The number of methoxy groups -OCH3 is 1. The highest BCUT2D eigenvalue weighted by atomic mass is 16.5. The minimum atomic E-state index is -0.836. The van der Waals surface area contributed by atoms with Crippen molar-refractivity contribution in [2.24, 2.45) is 5.92 Å². The Hall–Kier alpha value is -4.20. The molecule has 2 aromatic heterocycles. The number of aliphatic hydroxyl groups is 1. The molecule has 36 heavy (non-hydrogen) atoms. The highest BCUT2D eigenvalue weighted by molar-refractivity contribution is 6.46. The van der Waals surface area contributed by atoms with Crippen molar-refractivity contribution in [3.8, 4) is 11.5 Å². The number of hydrogen-bond acceptors (Lipinski definition) is 7. The summed E-state index contributed by atoms with van der Waals surface area (Å²) in [5, 5.41) is 11.2. The second-order valence-electron chi connectivity index (χ2n) is 8.97. The van der Waals surface area contributed by atoms with Crippen LogP contribution in [0.25, 0.3) is 5.76 Å². The number of rotatable bonds is 9. The Balaban J connectivity index is 1.79. The first-order valence-corrected chi connectivity index (χ1v) is 11.8. The Morgan fingerprint density at radius 1 is 1.06 bits per heavy atom. The molecule has 3 heterocycles. The van der Waals surface area contributed by atoms with E-state index in [1.54, 1.807) is 48.8 Å². The van der Waals surface area contributed by atoms with Crippen LogP contribution in [-0.4, -0.2) is 45.4 Å². The van der Waals surface area contributed by atoms with E-state index in [-0.39, 0.29) is 17.9 Å². The fourth-order valence-corrected chi connectivity index (χ4v) is 4.12. The maximum Gasteiger partial charge on any atom is 0.295 e. The molecule has 1 N–H and O–H groups in total. The van der Waals surface area contributed by atoms with Gasteiger partial charge < -0.3 is 19.5 Å². The van der Waals surface area contributed by atoms with Gasteiger partial charge in [-0.1, -0.05) is 26.0 Å². The average molecular weight is 488 g/mol. The number of hydrogen-bond donors (Lipinski definition) is 1. The summed E-state index contributed by atoms with van der Waals surface area (Å²) in [4.78, 5) is 36.0. The van der Waals surface area contributed by atoms with E-state index in [9.17, 15) is 14.7 Å². The smallest absolute Gasteiger partial charge is 0.295 e. The maximum atomic E-state index is 13.2. The van der Waals surface area contributed by atoms with Gasteiger partial charge in [-0.25, -0.2) is 0 Å². The van der Waals surface area contributed by atoms with Crippen LogP contribution in [0.2, 0.25) is 0 Å². The Labute approximate surface area is 210 Å². The minimum Gasteiger partial charge on any atom is -0.507 e. The summed E-state index contributed by atoms with van der Waals surface area (Å²) in [6.07, 6.45) is 7.21. The number of Topliss-reactive ketones (excluding diaryl/α,β-unsaturated/α-hetero) is 1. The zero-order valence-electron chi connectivity index (χ0n) is 20.5. The van der Waals surface area contributed by atoms with E-state index >= 15 is 0 Å². The molecule has 186 valence electrons. The molecule has 1 fully saturated rings. The first-order valence-electron chi connectivity index (χ1n) is 11.8. The van der Waals surface area contributed by atoms with Gasteiger partial charge in [-0.3, -0.25) is 19.6 Å². The third-order valence-corrected chi connectivity index (χ3v) is 6.03. The highest BCUT2D eigenvalue weighted by Gasteiger charge is 2.46. The number of carbonyl (C=O) groups excluding carboxylic acids is 2. The maximum absolute atomic E-state index is 13.2. The standard InChI is InChI=1S/C28H29N3O5/c1-18(2)10-14-36-22-7-6-21(15-23(22)35-3)25-24(26(32)20-8-12-29-13-9-20)27(33)28(34)31(25)17-19-5-4-11-30-16-19/h4-9,11-13,15-16,18,25,32H,10,14,17H2,1-3H3/b26-24+. The van der Waals surface area contributed by atoms with Crippen LogP contribution in [0.5, 0.6) is 11.5 Å². The fourth-order valence-electron chi connectivity index (χ4n) is 4.12. The predicted octanol–water partition coefficient (Wildman–Crippen LogP) is 4.53. The lowest BCUT2D eigenvalue weighted by atomic mass is 9.95. The van der Waals surface area contributed by atoms with Crippen LogP contribution in [0, 0.1) is 5.92 Å². The molecule has 3 aromatic rings. The van der Waals surface area contributed by atoms with Crippen molar-refractivity contribution in [1.29, 1.82) is 0 Å². The van der Waals surface area contributed by atoms with Gasteiger partial charge in [0.2, 0.25) is 0 Å². The molecule has 0 bridgehead atoms. The van der Waals surface area contributed by atoms with E-state index in [0.717, 1.165) is 12.0 Å². The van der Waals surface area contributed by atoms with Crippen LogP contribution >= 0.6 is 0 Å². The van der Waals surface area contributed by atoms with Crippen molar-refractivity contribution in [2.45, 2.75) is 32.9 Å². The summed E-state index contributed by atoms with van der Waals surface area (Å²) >= 11 is 0. The molecule has 0 spiro atoms. The molecule has 8 nitrogen and oxygen atoms in total. The van der Waals surface area contributed by atoms with Crippen LogP contribution in [-0.2, 0) is 16.1 Å². The summed E-state index contributed by atoms with van der Waals surface area (Å²) in [6, 6.07) is 11.3. The SMILES string of the molecule is COc1cc(C2/C(=C(\O)c3ccncc3)C(=O)C(=O)N2Cc2cccnc2)ccc1OCCC(C)C. The summed E-state index contributed by atoms with van der Waals surface area (Å²) in [5.41, 5.74) is 1.77. The average Bonchev–Trinajstić information content (AvgIpc) is 3.14. The monoisotopic (exact) mass is 487 g/mol. The molecular weight excluding hydrogens is 458 g/mol. The second kappa shape index (κ2) is 11.0. The van der Waals surface area contributed by atoms with Crippen LogP contribution in [0.4, 0.5) is 0 Å². The molecule has 1 amide bonds. The number of nitrogens with zero attached hydrogens (tertiary/aromatic N) is 3. The summed E-state index contributed by atoms with van der Waals surface area (Å²) < 4.78 is 11.5. The van der Waals surface area contributed by atoms with Crippen LogP contribution in [0.1, 0.15) is 43.0 Å². The van der Waals surface area contributed by atoms with Crippen molar-refractivity contribution in [1.82, 2.24) is 14.9 Å². The van der Waals surface area contributed by atoms with Crippen molar-refractivity contribution >= 4 is 17.4 Å². The molecule has 1 aliphatic heterocycles. The molecule has 1 aliphatic rings. The first-order chi connectivity index (χ1) is 17.4. The third kappa shape index (κ3) is 5.22. The molecule has 1 saturated heterocycles. The number of ether oxygens (including phenoxy) is 2. The van der Waals surface area contributed by atoms with Gasteiger partial charge in [0.25, 0.3) is 11.7 Å². The molecule has 1 atom stereocenters. The topological polar surface area (TPSA) is 102 Å². The minimum absolute atomic E-state index is 0.00520. The van der Waals surface area contributed by atoms with Gasteiger partial charge in [0.05, 0.1) is 25.3 Å². The molecule has 0 saturated carbocycles.